The lowest BCUT2D eigenvalue weighted by atomic mass is 10.00. The van der Waals surface area contributed by atoms with Crippen LogP contribution in [0.2, 0.25) is 0 Å². The monoisotopic (exact) mass is 265 g/mol. The molecule has 1 saturated heterocycles. The first-order valence-corrected chi connectivity index (χ1v) is 7.91. The third-order valence-electron chi connectivity index (χ3n) is 3.60. The number of piperidine rings is 1. The Balaban J connectivity index is 1.74. The molecule has 1 aliphatic heterocycles. The average Bonchev–Trinajstić information content (AvgIpc) is 2.42. The minimum atomic E-state index is 0.326. The summed E-state index contributed by atoms with van der Waals surface area (Å²) in [6.45, 7) is 2.68. The van der Waals surface area contributed by atoms with E-state index in [2.05, 4.69) is 35.2 Å². The smallest absolute Gasteiger partial charge is 0.0445 e. The molecule has 1 aliphatic rings. The number of hydrogen-bond donors (Lipinski definition) is 1. The Morgan fingerprint density at radius 3 is 2.83 bits per heavy atom. The predicted octanol–water partition coefficient (Wildman–Crippen LogP) is 3.02. The van der Waals surface area contributed by atoms with Crippen molar-refractivity contribution >= 4 is 11.8 Å². The zero-order chi connectivity index (χ0) is 12.6. The number of aliphatic hydroxyl groups excluding tert-OH is 1. The molecule has 0 radical (unpaired) electrons. The molecule has 0 aromatic heterocycles. The van der Waals surface area contributed by atoms with Crippen LogP contribution in [0.3, 0.4) is 0 Å². The van der Waals surface area contributed by atoms with Gasteiger partial charge in [0.25, 0.3) is 0 Å². The van der Waals surface area contributed by atoms with Gasteiger partial charge in [-0.3, -0.25) is 4.90 Å². The fourth-order valence-corrected chi connectivity index (χ4v) is 3.54. The van der Waals surface area contributed by atoms with Crippen LogP contribution in [0.4, 0.5) is 0 Å². The molecule has 100 valence electrons. The molecule has 1 heterocycles. The summed E-state index contributed by atoms with van der Waals surface area (Å²) >= 11 is 1.93. The van der Waals surface area contributed by atoms with Crippen LogP contribution in [0.15, 0.2) is 35.2 Å². The Morgan fingerprint density at radius 1 is 1.22 bits per heavy atom. The van der Waals surface area contributed by atoms with Gasteiger partial charge in [-0.25, -0.2) is 0 Å². The minimum absolute atomic E-state index is 0.326. The van der Waals surface area contributed by atoms with Crippen molar-refractivity contribution in [2.45, 2.75) is 36.6 Å². The molecule has 0 aliphatic carbocycles. The Morgan fingerprint density at radius 2 is 2.06 bits per heavy atom. The number of likely N-dealkylation sites (tertiary alicyclic amines) is 1. The third-order valence-corrected chi connectivity index (χ3v) is 4.59. The standard InChI is InChI=1S/C15H23NOS/c17-12-9-14-6-4-5-10-16(14)11-13-18-15-7-2-1-3-8-15/h1-3,7-8,14,17H,4-6,9-13H2. The van der Waals surface area contributed by atoms with Gasteiger partial charge in [0.1, 0.15) is 0 Å². The maximum absolute atomic E-state index is 9.11. The second-order valence-corrected chi connectivity index (χ2v) is 6.03. The molecular formula is C15H23NOS. The number of thioether (sulfide) groups is 1. The van der Waals surface area contributed by atoms with Gasteiger partial charge in [-0.05, 0) is 37.9 Å². The second kappa shape index (κ2) is 7.82. The van der Waals surface area contributed by atoms with E-state index >= 15 is 0 Å². The van der Waals surface area contributed by atoms with Crippen LogP contribution in [-0.4, -0.2) is 41.5 Å². The Labute approximate surface area is 114 Å². The van der Waals surface area contributed by atoms with Crippen molar-refractivity contribution in [3.8, 4) is 0 Å². The highest BCUT2D eigenvalue weighted by atomic mass is 32.2. The summed E-state index contributed by atoms with van der Waals surface area (Å²) in [5, 5.41) is 9.11. The molecule has 0 spiro atoms. The summed E-state index contributed by atoms with van der Waals surface area (Å²) in [4.78, 5) is 3.92. The van der Waals surface area contributed by atoms with Crippen LogP contribution in [0, 0.1) is 0 Å². The fourth-order valence-electron chi connectivity index (χ4n) is 2.63. The van der Waals surface area contributed by atoms with Crippen molar-refractivity contribution < 1.29 is 5.11 Å². The van der Waals surface area contributed by atoms with Crippen molar-refractivity contribution in [1.82, 2.24) is 4.90 Å². The van der Waals surface area contributed by atoms with E-state index in [1.165, 1.54) is 30.7 Å². The lowest BCUT2D eigenvalue weighted by molar-refractivity contribution is 0.126. The van der Waals surface area contributed by atoms with Crippen LogP contribution >= 0.6 is 11.8 Å². The van der Waals surface area contributed by atoms with Crippen molar-refractivity contribution in [3.63, 3.8) is 0 Å². The topological polar surface area (TPSA) is 23.5 Å². The van der Waals surface area contributed by atoms with Crippen LogP contribution in [0.1, 0.15) is 25.7 Å². The Hall–Kier alpha value is -0.510. The van der Waals surface area contributed by atoms with Crippen molar-refractivity contribution in [1.29, 1.82) is 0 Å². The van der Waals surface area contributed by atoms with Crippen molar-refractivity contribution in [2.24, 2.45) is 0 Å². The summed E-state index contributed by atoms with van der Waals surface area (Å²) in [5.74, 6) is 1.14. The third kappa shape index (κ3) is 4.30. The Kier molecular flexibility index (Phi) is 6.05. The molecule has 0 bridgehead atoms. The number of nitrogens with zero attached hydrogens (tertiary/aromatic N) is 1. The molecule has 2 nitrogen and oxygen atoms in total. The van der Waals surface area contributed by atoms with Gasteiger partial charge in [-0.15, -0.1) is 11.8 Å². The van der Waals surface area contributed by atoms with E-state index in [4.69, 9.17) is 5.11 Å². The van der Waals surface area contributed by atoms with Gasteiger partial charge < -0.3 is 5.11 Å². The van der Waals surface area contributed by atoms with E-state index in [1.807, 2.05) is 11.8 Å². The van der Waals surface area contributed by atoms with Crippen LogP contribution in [0.5, 0.6) is 0 Å². The Bertz CT molecular complexity index is 329. The molecule has 18 heavy (non-hydrogen) atoms. The summed E-state index contributed by atoms with van der Waals surface area (Å²) < 4.78 is 0. The largest absolute Gasteiger partial charge is 0.396 e. The molecule has 1 unspecified atom stereocenters. The number of aliphatic hydroxyl groups is 1. The average molecular weight is 265 g/mol. The first-order chi connectivity index (χ1) is 8.90. The molecule has 3 heteroatoms. The number of rotatable bonds is 6. The highest BCUT2D eigenvalue weighted by Crippen LogP contribution is 2.22. The van der Waals surface area contributed by atoms with Crippen molar-refractivity contribution in [3.05, 3.63) is 30.3 Å². The zero-order valence-electron chi connectivity index (χ0n) is 10.9. The minimum Gasteiger partial charge on any atom is -0.396 e. The van der Waals surface area contributed by atoms with Crippen molar-refractivity contribution in [2.75, 3.05) is 25.4 Å². The lowest BCUT2D eigenvalue weighted by Crippen LogP contribution is -2.41. The zero-order valence-corrected chi connectivity index (χ0v) is 11.7. The maximum atomic E-state index is 9.11. The molecule has 1 N–H and O–H groups in total. The summed E-state index contributed by atoms with van der Waals surface area (Å²) in [6.07, 6.45) is 4.84. The van der Waals surface area contributed by atoms with E-state index in [9.17, 15) is 0 Å². The summed E-state index contributed by atoms with van der Waals surface area (Å²) in [5.41, 5.74) is 0. The highest BCUT2D eigenvalue weighted by molar-refractivity contribution is 7.99. The normalized spacial score (nSPS) is 21.1. The predicted molar refractivity (Wildman–Crippen MR) is 78.1 cm³/mol. The van der Waals surface area contributed by atoms with E-state index in [1.54, 1.807) is 0 Å². The SMILES string of the molecule is OCCC1CCCCN1CCSc1ccccc1. The molecular weight excluding hydrogens is 242 g/mol. The first kappa shape index (κ1) is 13.9. The van der Waals surface area contributed by atoms with Crippen LogP contribution < -0.4 is 0 Å². The lowest BCUT2D eigenvalue weighted by Gasteiger charge is -2.35. The summed E-state index contributed by atoms with van der Waals surface area (Å²) in [6, 6.07) is 11.2. The maximum Gasteiger partial charge on any atom is 0.0445 e. The van der Waals surface area contributed by atoms with E-state index in [0.717, 1.165) is 18.7 Å². The van der Waals surface area contributed by atoms with Gasteiger partial charge in [-0.1, -0.05) is 24.6 Å². The molecule has 0 amide bonds. The molecule has 0 saturated carbocycles. The van der Waals surface area contributed by atoms with E-state index < -0.39 is 0 Å². The molecule has 2 rings (SSSR count). The van der Waals surface area contributed by atoms with Gasteiger partial charge in [0.05, 0.1) is 0 Å². The van der Waals surface area contributed by atoms with Gasteiger partial charge >= 0.3 is 0 Å². The quantitative estimate of drug-likeness (QED) is 0.800. The highest BCUT2D eigenvalue weighted by Gasteiger charge is 2.21. The number of hydrogen-bond acceptors (Lipinski definition) is 3. The molecule has 1 atom stereocenters. The van der Waals surface area contributed by atoms with Gasteiger partial charge in [0, 0.05) is 29.8 Å². The van der Waals surface area contributed by atoms with Gasteiger partial charge in [-0.2, -0.15) is 0 Å². The van der Waals surface area contributed by atoms with Crippen LogP contribution in [0.25, 0.3) is 0 Å². The van der Waals surface area contributed by atoms with Gasteiger partial charge in [0.15, 0.2) is 0 Å². The number of benzene rings is 1. The molecule has 1 fully saturated rings. The second-order valence-electron chi connectivity index (χ2n) is 4.86. The van der Waals surface area contributed by atoms with E-state index in [-0.39, 0.29) is 0 Å². The molecule has 1 aromatic rings. The van der Waals surface area contributed by atoms with Gasteiger partial charge in [0.2, 0.25) is 0 Å². The summed E-state index contributed by atoms with van der Waals surface area (Å²) in [7, 11) is 0. The first-order valence-electron chi connectivity index (χ1n) is 6.93. The van der Waals surface area contributed by atoms with Crippen LogP contribution in [-0.2, 0) is 0 Å². The fraction of sp³-hybridized carbons (Fsp3) is 0.600. The van der Waals surface area contributed by atoms with E-state index in [0.29, 0.717) is 12.6 Å². The molecule has 1 aromatic carbocycles.